The summed E-state index contributed by atoms with van der Waals surface area (Å²) in [5.41, 5.74) is 1.83. The average Bonchev–Trinajstić information content (AvgIpc) is 3.41. The number of ketones is 3. The number of oxime groups is 1. The highest BCUT2D eigenvalue weighted by atomic mass is 16.7. The highest BCUT2D eigenvalue weighted by Gasteiger charge is 2.55. The number of amides is 2. The second-order valence-electron chi connectivity index (χ2n) is 16.0. The maximum absolute atomic E-state index is 14.6. The zero-order valence-corrected chi connectivity index (χ0v) is 30.9. The molecule has 1 saturated heterocycles. The third-order valence-electron chi connectivity index (χ3n) is 10.7. The van der Waals surface area contributed by atoms with E-state index in [2.05, 4.69) is 10.5 Å². The van der Waals surface area contributed by atoms with E-state index in [1.54, 1.807) is 6.92 Å². The van der Waals surface area contributed by atoms with Crippen LogP contribution in [0.3, 0.4) is 0 Å². The number of aryl methyl sites for hydroxylation is 2. The standard InChI is InChI=1S/C39H55N3O8/c1-8-31(43)33(45)27(18-25-14-15-25)19-32(44)30-21-39(20-29(41-50-39)26-16-23(3)34(48-9-2)24(4)17-26)22-42(30)36(46)35(38(5,6)7)40-37(47)49-28-12-10-11-13-28/h16-17,25,27-28,30,35H,8-15,18-22H2,1-7H3,(H,40,47)/t27-,30+,35-,39-/m1/s1. The number of likely N-dealkylation sites (tertiary alicyclic amines) is 1. The van der Waals surface area contributed by atoms with Gasteiger partial charge in [0.2, 0.25) is 11.7 Å². The smallest absolute Gasteiger partial charge is 0.408 e. The molecular weight excluding hydrogens is 638 g/mol. The zero-order valence-electron chi connectivity index (χ0n) is 30.9. The van der Waals surface area contributed by atoms with E-state index in [1.807, 2.05) is 53.7 Å². The van der Waals surface area contributed by atoms with E-state index >= 15 is 0 Å². The Balaban J connectivity index is 1.42. The minimum absolute atomic E-state index is 0.0747. The Morgan fingerprint density at radius 1 is 1.04 bits per heavy atom. The molecule has 1 spiro atoms. The van der Waals surface area contributed by atoms with Crippen LogP contribution in [0.1, 0.15) is 122 Å². The molecule has 274 valence electrons. The van der Waals surface area contributed by atoms with Gasteiger partial charge in [-0.3, -0.25) is 19.2 Å². The maximum Gasteiger partial charge on any atom is 0.408 e. The Bertz CT molecular complexity index is 1500. The topological polar surface area (TPSA) is 141 Å². The van der Waals surface area contributed by atoms with Gasteiger partial charge in [0.05, 0.1) is 24.9 Å². The van der Waals surface area contributed by atoms with E-state index < -0.39 is 52.6 Å². The first-order valence-electron chi connectivity index (χ1n) is 18.5. The molecule has 2 aliphatic carbocycles. The van der Waals surface area contributed by atoms with Gasteiger partial charge in [0, 0.05) is 37.2 Å². The lowest BCUT2D eigenvalue weighted by molar-refractivity contribution is -0.143. The molecule has 4 aliphatic rings. The fourth-order valence-electron chi connectivity index (χ4n) is 7.77. The van der Waals surface area contributed by atoms with Gasteiger partial charge in [0.1, 0.15) is 17.9 Å². The van der Waals surface area contributed by atoms with Crippen LogP contribution in [0.2, 0.25) is 0 Å². The maximum atomic E-state index is 14.6. The van der Waals surface area contributed by atoms with E-state index in [0.717, 1.165) is 61.0 Å². The minimum Gasteiger partial charge on any atom is -0.493 e. The number of hydrogen-bond donors (Lipinski definition) is 1. The van der Waals surface area contributed by atoms with Gasteiger partial charge in [-0.2, -0.15) is 0 Å². The van der Waals surface area contributed by atoms with Crippen molar-refractivity contribution in [3.05, 3.63) is 28.8 Å². The lowest BCUT2D eigenvalue weighted by Crippen LogP contribution is -2.57. The van der Waals surface area contributed by atoms with Gasteiger partial charge in [-0.15, -0.1) is 0 Å². The molecule has 2 saturated carbocycles. The van der Waals surface area contributed by atoms with Gasteiger partial charge in [-0.1, -0.05) is 45.7 Å². The Hall–Kier alpha value is -3.76. The summed E-state index contributed by atoms with van der Waals surface area (Å²) in [6.45, 7) is 13.8. The SMILES string of the molecule is CCOc1c(C)cc(C2=NO[C@]3(C2)C[C@@H](C(=O)C[C@@H](CC2CC2)C(=O)C(=O)CC)N(C(=O)[C@@H](NC(=O)OC2CCCC2)C(C)(C)C)C3)cc1C. The van der Waals surface area contributed by atoms with Crippen LogP contribution in [0.15, 0.2) is 17.3 Å². The number of hydrogen-bond acceptors (Lipinski definition) is 9. The predicted molar refractivity (Wildman–Crippen MR) is 188 cm³/mol. The molecule has 1 aromatic carbocycles. The fraction of sp³-hybridized carbons (Fsp3) is 0.692. The molecule has 0 radical (unpaired) electrons. The normalized spacial score (nSPS) is 23.3. The molecule has 1 N–H and O–H groups in total. The van der Waals surface area contributed by atoms with Crippen molar-refractivity contribution in [2.45, 2.75) is 143 Å². The van der Waals surface area contributed by atoms with Crippen LogP contribution >= 0.6 is 0 Å². The molecule has 0 aromatic heterocycles. The Kier molecular flexibility index (Phi) is 11.4. The van der Waals surface area contributed by atoms with Gasteiger partial charge in [0.25, 0.3) is 0 Å². The Labute approximate surface area is 296 Å². The molecule has 0 bridgehead atoms. The molecule has 50 heavy (non-hydrogen) atoms. The number of carbonyl (C=O) groups is 5. The molecule has 2 heterocycles. The molecule has 4 atom stereocenters. The molecule has 5 rings (SSSR count). The van der Waals surface area contributed by atoms with E-state index in [-0.39, 0.29) is 37.7 Å². The van der Waals surface area contributed by atoms with Crippen LogP contribution in [0.5, 0.6) is 5.75 Å². The molecular formula is C39H55N3O8. The van der Waals surface area contributed by atoms with Crippen molar-refractivity contribution in [3.63, 3.8) is 0 Å². The molecule has 11 heteroatoms. The molecule has 2 aliphatic heterocycles. The summed E-state index contributed by atoms with van der Waals surface area (Å²) in [7, 11) is 0. The van der Waals surface area contributed by atoms with Gasteiger partial charge in [-0.05, 0) is 87.5 Å². The van der Waals surface area contributed by atoms with E-state index in [0.29, 0.717) is 31.1 Å². The van der Waals surface area contributed by atoms with E-state index in [9.17, 15) is 24.0 Å². The third kappa shape index (κ3) is 8.57. The van der Waals surface area contributed by atoms with Crippen molar-refractivity contribution in [2.75, 3.05) is 13.2 Å². The van der Waals surface area contributed by atoms with Gasteiger partial charge in [0.15, 0.2) is 17.2 Å². The summed E-state index contributed by atoms with van der Waals surface area (Å²) in [6, 6.07) is 2.09. The molecule has 1 aromatic rings. The van der Waals surface area contributed by atoms with Crippen LogP contribution < -0.4 is 10.1 Å². The number of carbonyl (C=O) groups excluding carboxylic acids is 5. The summed E-state index contributed by atoms with van der Waals surface area (Å²) in [5, 5.41) is 7.33. The largest absolute Gasteiger partial charge is 0.493 e. The summed E-state index contributed by atoms with van der Waals surface area (Å²) in [5.74, 6) is -1.26. The van der Waals surface area contributed by atoms with Crippen LogP contribution in [-0.2, 0) is 28.8 Å². The van der Waals surface area contributed by atoms with Crippen LogP contribution in [0.4, 0.5) is 4.79 Å². The predicted octanol–water partition coefficient (Wildman–Crippen LogP) is 6.17. The lowest BCUT2D eigenvalue weighted by atomic mass is 9.84. The second kappa shape index (κ2) is 15.2. The second-order valence-corrected chi connectivity index (χ2v) is 16.0. The van der Waals surface area contributed by atoms with Crippen LogP contribution in [0.25, 0.3) is 0 Å². The van der Waals surface area contributed by atoms with Crippen molar-refractivity contribution in [3.8, 4) is 5.75 Å². The molecule has 11 nitrogen and oxygen atoms in total. The van der Waals surface area contributed by atoms with Gasteiger partial charge >= 0.3 is 6.09 Å². The first-order valence-corrected chi connectivity index (χ1v) is 18.5. The number of Topliss-reactive ketones (excluding diaryl/α,β-unsaturated/α-hetero) is 3. The van der Waals surface area contributed by atoms with E-state index in [1.165, 1.54) is 4.90 Å². The number of nitrogens with one attached hydrogen (secondary N) is 1. The van der Waals surface area contributed by atoms with Crippen molar-refractivity contribution >= 4 is 35.1 Å². The number of benzene rings is 1. The van der Waals surface area contributed by atoms with Gasteiger partial charge < -0.3 is 24.5 Å². The number of nitrogens with zero attached hydrogens (tertiary/aromatic N) is 2. The third-order valence-corrected chi connectivity index (χ3v) is 10.7. The highest BCUT2D eigenvalue weighted by molar-refractivity contribution is 6.38. The molecule has 2 amide bonds. The number of ether oxygens (including phenoxy) is 2. The minimum atomic E-state index is -0.995. The molecule has 3 fully saturated rings. The first-order chi connectivity index (χ1) is 23.6. The summed E-state index contributed by atoms with van der Waals surface area (Å²) in [4.78, 5) is 75.4. The first kappa shape index (κ1) is 37.5. The fourth-order valence-corrected chi connectivity index (χ4v) is 7.77. The van der Waals surface area contributed by atoms with Crippen molar-refractivity contribution in [1.82, 2.24) is 10.2 Å². The summed E-state index contributed by atoms with van der Waals surface area (Å²) < 4.78 is 11.5. The lowest BCUT2D eigenvalue weighted by Gasteiger charge is -2.35. The van der Waals surface area contributed by atoms with Crippen LogP contribution in [0, 0.1) is 31.1 Å². The van der Waals surface area contributed by atoms with Crippen molar-refractivity contribution in [2.24, 2.45) is 22.4 Å². The monoisotopic (exact) mass is 693 g/mol. The molecule has 0 unspecified atom stereocenters. The van der Waals surface area contributed by atoms with Crippen LogP contribution in [-0.4, -0.2) is 76.9 Å². The summed E-state index contributed by atoms with van der Waals surface area (Å²) in [6.07, 6.45) is 5.67. The zero-order chi connectivity index (χ0) is 36.4. The van der Waals surface area contributed by atoms with Crippen molar-refractivity contribution in [1.29, 1.82) is 0 Å². The Morgan fingerprint density at radius 3 is 2.28 bits per heavy atom. The summed E-state index contributed by atoms with van der Waals surface area (Å²) >= 11 is 0. The van der Waals surface area contributed by atoms with Crippen molar-refractivity contribution < 1.29 is 38.3 Å². The highest BCUT2D eigenvalue weighted by Crippen LogP contribution is 2.42. The van der Waals surface area contributed by atoms with Gasteiger partial charge in [-0.25, -0.2) is 4.79 Å². The quantitative estimate of drug-likeness (QED) is 0.228. The Morgan fingerprint density at radius 2 is 1.70 bits per heavy atom. The number of alkyl carbamates (subject to hydrolysis) is 1. The van der Waals surface area contributed by atoms with E-state index in [4.69, 9.17) is 14.3 Å². The average molecular weight is 694 g/mol. The number of rotatable bonds is 14.